The molecule has 1 aromatic heterocycles. The number of piperidine rings is 1. The minimum absolute atomic E-state index is 0.0864. The molecule has 1 aliphatic heterocycles. The molecule has 0 bridgehead atoms. The molecule has 1 aromatic rings. The lowest BCUT2D eigenvalue weighted by Crippen LogP contribution is -2.47. The van der Waals surface area contributed by atoms with Crippen molar-refractivity contribution in [3.63, 3.8) is 0 Å². The van der Waals surface area contributed by atoms with Crippen molar-refractivity contribution in [3.8, 4) is 0 Å². The summed E-state index contributed by atoms with van der Waals surface area (Å²) in [5.41, 5.74) is -0.111. The smallest absolute Gasteiger partial charge is 0.263 e. The van der Waals surface area contributed by atoms with E-state index in [-0.39, 0.29) is 17.9 Å². The first-order valence-corrected chi connectivity index (χ1v) is 7.93. The predicted octanol–water partition coefficient (Wildman–Crippen LogP) is 2.52. The molecule has 1 amide bonds. The van der Waals surface area contributed by atoms with E-state index in [4.69, 9.17) is 4.74 Å². The van der Waals surface area contributed by atoms with E-state index in [2.05, 4.69) is 6.92 Å². The van der Waals surface area contributed by atoms with Crippen LogP contribution in [0, 0.1) is 5.41 Å². The zero-order valence-corrected chi connectivity index (χ0v) is 13.0. The van der Waals surface area contributed by atoms with Crippen LogP contribution in [0.3, 0.4) is 0 Å². The van der Waals surface area contributed by atoms with E-state index in [1.54, 1.807) is 7.11 Å². The van der Waals surface area contributed by atoms with Gasteiger partial charge in [0.1, 0.15) is 0 Å². The summed E-state index contributed by atoms with van der Waals surface area (Å²) in [6, 6.07) is 3.83. The second-order valence-electron chi connectivity index (χ2n) is 5.54. The lowest BCUT2D eigenvalue weighted by molar-refractivity contribution is 0.0254. The molecule has 1 unspecified atom stereocenters. The van der Waals surface area contributed by atoms with Gasteiger partial charge in [-0.3, -0.25) is 4.79 Å². The number of carbonyl (C=O) groups excluding carboxylic acids is 1. The SMILES string of the molecule is CCC1(CO)CCCN(C(=O)c2ccc(COC)s2)C1. The molecule has 1 N–H and O–H groups in total. The Bertz CT molecular complexity index is 454. The van der Waals surface area contributed by atoms with Crippen molar-refractivity contribution in [3.05, 3.63) is 21.9 Å². The van der Waals surface area contributed by atoms with Crippen LogP contribution in [-0.2, 0) is 11.3 Å². The lowest BCUT2D eigenvalue weighted by Gasteiger charge is -2.41. The number of methoxy groups -OCH3 is 1. The topological polar surface area (TPSA) is 49.8 Å². The second-order valence-corrected chi connectivity index (χ2v) is 6.71. The molecule has 4 nitrogen and oxygen atoms in total. The summed E-state index contributed by atoms with van der Waals surface area (Å²) in [7, 11) is 1.66. The minimum Gasteiger partial charge on any atom is -0.396 e. The van der Waals surface area contributed by atoms with E-state index in [0.717, 1.165) is 35.6 Å². The number of likely N-dealkylation sites (tertiary alicyclic amines) is 1. The van der Waals surface area contributed by atoms with Crippen molar-refractivity contribution < 1.29 is 14.6 Å². The molecule has 0 radical (unpaired) electrons. The highest BCUT2D eigenvalue weighted by Crippen LogP contribution is 2.33. The van der Waals surface area contributed by atoms with Crippen LogP contribution in [0.2, 0.25) is 0 Å². The van der Waals surface area contributed by atoms with Gasteiger partial charge in [-0.2, -0.15) is 0 Å². The Morgan fingerprint density at radius 3 is 3.00 bits per heavy atom. The molecule has 2 heterocycles. The molecule has 1 atom stereocenters. The maximum atomic E-state index is 12.6. The first kappa shape index (κ1) is 15.5. The highest BCUT2D eigenvalue weighted by molar-refractivity contribution is 7.14. The van der Waals surface area contributed by atoms with E-state index in [1.165, 1.54) is 11.3 Å². The van der Waals surface area contributed by atoms with Gasteiger partial charge in [0, 0.05) is 30.5 Å². The summed E-state index contributed by atoms with van der Waals surface area (Å²) in [6.07, 6.45) is 2.88. The molecule has 1 aliphatic rings. The average Bonchev–Trinajstić information content (AvgIpc) is 2.95. The van der Waals surface area contributed by atoms with Crippen LogP contribution in [0.15, 0.2) is 12.1 Å². The van der Waals surface area contributed by atoms with Crippen LogP contribution in [-0.4, -0.2) is 42.7 Å². The maximum absolute atomic E-state index is 12.6. The fourth-order valence-corrected chi connectivity index (χ4v) is 3.73. The standard InChI is InChI=1S/C15H23NO3S/c1-3-15(11-17)7-4-8-16(10-15)14(18)13-6-5-12(20-13)9-19-2/h5-6,17H,3-4,7-11H2,1-2H3. The number of thiophene rings is 1. The molecule has 20 heavy (non-hydrogen) atoms. The molecule has 0 aromatic carbocycles. The Morgan fingerprint density at radius 1 is 1.55 bits per heavy atom. The third kappa shape index (κ3) is 3.22. The molecular formula is C15H23NO3S. The fourth-order valence-electron chi connectivity index (χ4n) is 2.78. The van der Waals surface area contributed by atoms with Gasteiger partial charge in [-0.1, -0.05) is 6.92 Å². The number of ether oxygens (including phenoxy) is 1. The summed E-state index contributed by atoms with van der Waals surface area (Å²) in [4.78, 5) is 16.3. The van der Waals surface area contributed by atoms with Gasteiger partial charge in [-0.25, -0.2) is 0 Å². The van der Waals surface area contributed by atoms with Crippen LogP contribution in [0.5, 0.6) is 0 Å². The van der Waals surface area contributed by atoms with Gasteiger partial charge in [0.05, 0.1) is 18.1 Å². The van der Waals surface area contributed by atoms with Crippen molar-refractivity contribution in [2.45, 2.75) is 32.8 Å². The number of aliphatic hydroxyl groups excluding tert-OH is 1. The van der Waals surface area contributed by atoms with Crippen molar-refractivity contribution in [2.24, 2.45) is 5.41 Å². The van der Waals surface area contributed by atoms with Gasteiger partial charge in [0.2, 0.25) is 0 Å². The van der Waals surface area contributed by atoms with Crippen LogP contribution in [0.1, 0.15) is 40.7 Å². The lowest BCUT2D eigenvalue weighted by atomic mass is 9.78. The largest absolute Gasteiger partial charge is 0.396 e. The van der Waals surface area contributed by atoms with Gasteiger partial charge < -0.3 is 14.7 Å². The highest BCUT2D eigenvalue weighted by atomic mass is 32.1. The molecule has 1 fully saturated rings. The van der Waals surface area contributed by atoms with Crippen LogP contribution in [0.4, 0.5) is 0 Å². The van der Waals surface area contributed by atoms with E-state index < -0.39 is 0 Å². The molecule has 0 saturated carbocycles. The van der Waals surface area contributed by atoms with Gasteiger partial charge in [-0.05, 0) is 31.4 Å². The zero-order valence-electron chi connectivity index (χ0n) is 12.2. The third-order valence-electron chi connectivity index (χ3n) is 4.19. The summed E-state index contributed by atoms with van der Waals surface area (Å²) < 4.78 is 5.09. The van der Waals surface area contributed by atoms with Gasteiger partial charge in [-0.15, -0.1) is 11.3 Å². The summed E-state index contributed by atoms with van der Waals surface area (Å²) >= 11 is 1.50. The zero-order chi connectivity index (χ0) is 14.6. The van der Waals surface area contributed by atoms with Crippen LogP contribution >= 0.6 is 11.3 Å². The van der Waals surface area contributed by atoms with Crippen molar-refractivity contribution >= 4 is 17.2 Å². The van der Waals surface area contributed by atoms with Gasteiger partial charge in [0.25, 0.3) is 5.91 Å². The Morgan fingerprint density at radius 2 is 2.35 bits per heavy atom. The number of hydrogen-bond acceptors (Lipinski definition) is 4. The molecule has 2 rings (SSSR count). The van der Waals surface area contributed by atoms with Crippen LogP contribution < -0.4 is 0 Å². The number of amides is 1. The molecule has 0 aliphatic carbocycles. The maximum Gasteiger partial charge on any atom is 0.263 e. The Labute approximate surface area is 124 Å². The summed E-state index contributed by atoms with van der Waals surface area (Å²) in [6.45, 7) is 4.25. The molecule has 1 saturated heterocycles. The van der Waals surface area contributed by atoms with Crippen molar-refractivity contribution in [1.82, 2.24) is 4.90 Å². The molecular weight excluding hydrogens is 274 g/mol. The second kappa shape index (κ2) is 6.70. The predicted molar refractivity (Wildman–Crippen MR) is 80.0 cm³/mol. The normalized spacial score (nSPS) is 23.1. The number of hydrogen-bond donors (Lipinski definition) is 1. The molecule has 112 valence electrons. The Kier molecular flexibility index (Phi) is 5.18. The molecule has 0 spiro atoms. The average molecular weight is 297 g/mol. The number of carbonyl (C=O) groups is 1. The quantitative estimate of drug-likeness (QED) is 0.908. The van der Waals surface area contributed by atoms with E-state index in [0.29, 0.717) is 13.2 Å². The van der Waals surface area contributed by atoms with E-state index >= 15 is 0 Å². The highest BCUT2D eigenvalue weighted by Gasteiger charge is 2.35. The minimum atomic E-state index is -0.111. The number of rotatable bonds is 5. The van der Waals surface area contributed by atoms with Crippen molar-refractivity contribution in [2.75, 3.05) is 26.8 Å². The van der Waals surface area contributed by atoms with E-state index in [1.807, 2.05) is 17.0 Å². The third-order valence-corrected chi connectivity index (χ3v) is 5.24. The number of aliphatic hydroxyl groups is 1. The Hall–Kier alpha value is -0.910. The molecule has 5 heteroatoms. The first-order chi connectivity index (χ1) is 9.64. The van der Waals surface area contributed by atoms with Gasteiger partial charge in [0.15, 0.2) is 0 Å². The van der Waals surface area contributed by atoms with E-state index in [9.17, 15) is 9.90 Å². The first-order valence-electron chi connectivity index (χ1n) is 7.12. The fraction of sp³-hybridized carbons (Fsp3) is 0.667. The number of nitrogens with zero attached hydrogens (tertiary/aromatic N) is 1. The Balaban J connectivity index is 2.07. The monoisotopic (exact) mass is 297 g/mol. The van der Waals surface area contributed by atoms with Crippen molar-refractivity contribution in [1.29, 1.82) is 0 Å². The summed E-state index contributed by atoms with van der Waals surface area (Å²) in [5, 5.41) is 9.63. The van der Waals surface area contributed by atoms with Crippen LogP contribution in [0.25, 0.3) is 0 Å². The summed E-state index contributed by atoms with van der Waals surface area (Å²) in [5.74, 6) is 0.0864. The van der Waals surface area contributed by atoms with Gasteiger partial charge >= 0.3 is 0 Å².